The maximum atomic E-state index is 13.6. The lowest BCUT2D eigenvalue weighted by Crippen LogP contribution is -2.35. The molecule has 1 amide bonds. The number of benzene rings is 2. The molecule has 2 rings (SSSR count). The van der Waals surface area contributed by atoms with E-state index in [2.05, 4.69) is 10.1 Å². The van der Waals surface area contributed by atoms with Crippen LogP contribution >= 0.6 is 0 Å². The molecule has 0 heterocycles. The zero-order valence-corrected chi connectivity index (χ0v) is 14.6. The fourth-order valence-corrected chi connectivity index (χ4v) is 2.29. The molecule has 0 saturated carbocycles. The number of hydrogen-bond acceptors (Lipinski definition) is 6. The molecular formula is C19H20FNO6. The van der Waals surface area contributed by atoms with Crippen LogP contribution < -0.4 is 5.32 Å². The first-order chi connectivity index (χ1) is 12.9. The number of nitrogens with one attached hydrogen (secondary N) is 1. The number of rotatable bonds is 7. The summed E-state index contributed by atoms with van der Waals surface area (Å²) in [5, 5.41) is 22.5. The number of carbonyl (C=O) groups is 2. The van der Waals surface area contributed by atoms with Gasteiger partial charge in [0.05, 0.1) is 12.7 Å². The minimum Gasteiger partial charge on any atom is -0.465 e. The summed E-state index contributed by atoms with van der Waals surface area (Å²) in [6.07, 6.45) is -3.62. The molecule has 0 aliphatic carbocycles. The number of esters is 1. The van der Waals surface area contributed by atoms with Crippen LogP contribution in [0, 0.1) is 5.82 Å². The summed E-state index contributed by atoms with van der Waals surface area (Å²) in [6.45, 7) is -0.245. The van der Waals surface area contributed by atoms with Crippen molar-refractivity contribution < 1.29 is 33.7 Å². The van der Waals surface area contributed by atoms with Crippen molar-refractivity contribution in [2.75, 3.05) is 13.7 Å². The first-order valence-electron chi connectivity index (χ1n) is 8.10. The molecule has 0 fully saturated rings. The van der Waals surface area contributed by atoms with Crippen molar-refractivity contribution in [1.29, 1.82) is 0 Å². The van der Waals surface area contributed by atoms with Gasteiger partial charge in [0, 0.05) is 6.54 Å². The Morgan fingerprint density at radius 2 is 1.85 bits per heavy atom. The molecule has 3 N–H and O–H groups in total. The highest BCUT2D eigenvalue weighted by molar-refractivity contribution is 5.89. The standard InChI is InChI=1S/C19H20FNO6/c1-26-18(24)14-9-13(7-8-15(14)20)17(23)16(22)10-21-19(25)27-11-12-5-3-2-4-6-12/h2-9,16-17,22-23H,10-11H2,1H3,(H,21,25). The van der Waals surface area contributed by atoms with Crippen LogP contribution in [0.5, 0.6) is 0 Å². The zero-order chi connectivity index (χ0) is 19.8. The van der Waals surface area contributed by atoms with E-state index in [9.17, 15) is 24.2 Å². The Morgan fingerprint density at radius 3 is 2.52 bits per heavy atom. The van der Waals surface area contributed by atoms with E-state index in [0.29, 0.717) is 0 Å². The van der Waals surface area contributed by atoms with E-state index in [0.717, 1.165) is 24.8 Å². The minimum absolute atomic E-state index is 0.0613. The van der Waals surface area contributed by atoms with Gasteiger partial charge in [0.1, 0.15) is 24.6 Å². The number of ether oxygens (including phenoxy) is 2. The number of carbonyl (C=O) groups excluding carboxylic acids is 2. The predicted octanol–water partition coefficient (Wildman–Crippen LogP) is 1.93. The Bertz CT molecular complexity index is 783. The van der Waals surface area contributed by atoms with Crippen LogP contribution in [0.25, 0.3) is 0 Å². The summed E-state index contributed by atoms with van der Waals surface area (Å²) in [7, 11) is 1.10. The molecule has 0 radical (unpaired) electrons. The maximum absolute atomic E-state index is 13.6. The quantitative estimate of drug-likeness (QED) is 0.637. The van der Waals surface area contributed by atoms with Gasteiger partial charge < -0.3 is 25.0 Å². The molecule has 0 aliphatic heterocycles. The second-order valence-corrected chi connectivity index (χ2v) is 5.69. The SMILES string of the molecule is COC(=O)c1cc(C(O)C(O)CNC(=O)OCc2ccccc2)ccc1F. The van der Waals surface area contributed by atoms with Gasteiger partial charge >= 0.3 is 12.1 Å². The summed E-state index contributed by atoms with van der Waals surface area (Å²) >= 11 is 0. The van der Waals surface area contributed by atoms with Crippen molar-refractivity contribution in [3.05, 3.63) is 71.0 Å². The maximum Gasteiger partial charge on any atom is 0.407 e. The van der Waals surface area contributed by atoms with E-state index in [1.54, 1.807) is 12.1 Å². The van der Waals surface area contributed by atoms with Gasteiger partial charge in [-0.15, -0.1) is 0 Å². The highest BCUT2D eigenvalue weighted by Gasteiger charge is 2.22. The van der Waals surface area contributed by atoms with Crippen LogP contribution in [0.1, 0.15) is 27.6 Å². The van der Waals surface area contributed by atoms with Gasteiger partial charge in [0.15, 0.2) is 0 Å². The largest absolute Gasteiger partial charge is 0.465 e. The van der Waals surface area contributed by atoms with Gasteiger partial charge in [-0.25, -0.2) is 14.0 Å². The number of halogens is 1. The monoisotopic (exact) mass is 377 g/mol. The Morgan fingerprint density at radius 1 is 1.15 bits per heavy atom. The van der Waals surface area contributed by atoms with Crippen LogP contribution in [-0.2, 0) is 16.1 Å². The van der Waals surface area contributed by atoms with Crippen molar-refractivity contribution in [3.63, 3.8) is 0 Å². The molecule has 0 bridgehead atoms. The van der Waals surface area contributed by atoms with E-state index in [4.69, 9.17) is 4.74 Å². The van der Waals surface area contributed by atoms with Crippen molar-refractivity contribution in [2.45, 2.75) is 18.8 Å². The molecule has 0 aromatic heterocycles. The highest BCUT2D eigenvalue weighted by atomic mass is 19.1. The Hall–Kier alpha value is -2.97. The molecule has 2 aromatic carbocycles. The number of methoxy groups -OCH3 is 1. The molecule has 144 valence electrons. The lowest BCUT2D eigenvalue weighted by atomic mass is 10.0. The fourth-order valence-electron chi connectivity index (χ4n) is 2.29. The second-order valence-electron chi connectivity index (χ2n) is 5.69. The van der Waals surface area contributed by atoms with Crippen molar-refractivity contribution in [1.82, 2.24) is 5.32 Å². The summed E-state index contributed by atoms with van der Waals surface area (Å²) in [5.74, 6) is -1.71. The summed E-state index contributed by atoms with van der Waals surface area (Å²) < 4.78 is 23.1. The number of aliphatic hydroxyl groups excluding tert-OH is 2. The van der Waals surface area contributed by atoms with E-state index in [-0.39, 0.29) is 24.3 Å². The van der Waals surface area contributed by atoms with E-state index < -0.39 is 30.1 Å². The van der Waals surface area contributed by atoms with Crippen LogP contribution in [-0.4, -0.2) is 42.0 Å². The third kappa shape index (κ3) is 5.77. The third-order valence-corrected chi connectivity index (χ3v) is 3.77. The number of alkyl carbamates (subject to hydrolysis) is 1. The molecule has 7 nitrogen and oxygen atoms in total. The topological polar surface area (TPSA) is 105 Å². The van der Waals surface area contributed by atoms with Crippen LogP contribution in [0.4, 0.5) is 9.18 Å². The fraction of sp³-hybridized carbons (Fsp3) is 0.263. The molecule has 2 unspecified atom stereocenters. The zero-order valence-electron chi connectivity index (χ0n) is 14.6. The summed E-state index contributed by atoms with van der Waals surface area (Å²) in [6, 6.07) is 12.3. The normalized spacial score (nSPS) is 12.7. The average molecular weight is 377 g/mol. The van der Waals surface area contributed by atoms with Crippen molar-refractivity contribution in [2.24, 2.45) is 0 Å². The number of hydrogen-bond donors (Lipinski definition) is 3. The van der Waals surface area contributed by atoms with Gasteiger partial charge in [-0.1, -0.05) is 36.4 Å². The van der Waals surface area contributed by atoms with Crippen LogP contribution in [0.3, 0.4) is 0 Å². The predicted molar refractivity (Wildman–Crippen MR) is 93.3 cm³/mol. The highest BCUT2D eigenvalue weighted by Crippen LogP contribution is 2.20. The lowest BCUT2D eigenvalue weighted by molar-refractivity contribution is 0.0182. The average Bonchev–Trinajstić information content (AvgIpc) is 2.70. The molecule has 27 heavy (non-hydrogen) atoms. The van der Waals surface area contributed by atoms with Crippen molar-refractivity contribution in [3.8, 4) is 0 Å². The smallest absolute Gasteiger partial charge is 0.407 e. The van der Waals surface area contributed by atoms with Gasteiger partial charge in [0.25, 0.3) is 0 Å². The molecule has 0 spiro atoms. The lowest BCUT2D eigenvalue weighted by Gasteiger charge is -2.19. The second kappa shape index (κ2) is 9.65. The Balaban J connectivity index is 1.88. The summed E-state index contributed by atoms with van der Waals surface area (Å²) in [5.41, 5.74) is 0.537. The van der Waals surface area contributed by atoms with Gasteiger partial charge in [0.2, 0.25) is 0 Å². The molecule has 2 atom stereocenters. The van der Waals surface area contributed by atoms with Gasteiger partial charge in [-0.3, -0.25) is 0 Å². The Labute approximate surface area is 155 Å². The molecule has 0 aliphatic rings. The van der Waals surface area contributed by atoms with E-state index in [1.165, 1.54) is 6.07 Å². The van der Waals surface area contributed by atoms with Crippen LogP contribution in [0.15, 0.2) is 48.5 Å². The molecule has 0 saturated heterocycles. The van der Waals surface area contributed by atoms with E-state index in [1.807, 2.05) is 18.2 Å². The first kappa shape index (κ1) is 20.3. The van der Waals surface area contributed by atoms with Gasteiger partial charge in [-0.05, 0) is 23.3 Å². The van der Waals surface area contributed by atoms with E-state index >= 15 is 0 Å². The number of aliphatic hydroxyl groups is 2. The Kier molecular flexibility index (Phi) is 7.27. The first-order valence-corrected chi connectivity index (χ1v) is 8.10. The van der Waals surface area contributed by atoms with Crippen molar-refractivity contribution >= 4 is 12.1 Å². The van der Waals surface area contributed by atoms with Gasteiger partial charge in [-0.2, -0.15) is 0 Å². The van der Waals surface area contributed by atoms with Crippen LogP contribution in [0.2, 0.25) is 0 Å². The summed E-state index contributed by atoms with van der Waals surface area (Å²) in [4.78, 5) is 23.2. The number of amides is 1. The molecular weight excluding hydrogens is 357 g/mol. The third-order valence-electron chi connectivity index (χ3n) is 3.77. The minimum atomic E-state index is -1.46. The molecule has 2 aromatic rings. The molecule has 8 heteroatoms.